The number of thioether (sulfide) groups is 2. The smallest absolute Gasteiger partial charge is 0.357 e. The summed E-state index contributed by atoms with van der Waals surface area (Å²) < 4.78 is 6.26. The zero-order chi connectivity index (χ0) is 21.3. The van der Waals surface area contributed by atoms with E-state index in [0.29, 0.717) is 27.7 Å². The van der Waals surface area contributed by atoms with Crippen LogP contribution in [0, 0.1) is 0 Å². The van der Waals surface area contributed by atoms with Crippen LogP contribution in [-0.4, -0.2) is 4.57 Å². The summed E-state index contributed by atoms with van der Waals surface area (Å²) in [5.41, 5.74) is 8.52. The number of imidazole rings is 1. The monoisotopic (exact) mass is 637 g/mol. The molecule has 0 fully saturated rings. The second-order valence-electron chi connectivity index (χ2n) is 6.38. The highest BCUT2D eigenvalue weighted by atomic mass is 79.9. The average molecular weight is 641 g/mol. The van der Waals surface area contributed by atoms with E-state index in [9.17, 15) is 0 Å². The molecule has 1 heterocycles. The number of benzene rings is 3. The number of fused-ring (bicyclic) bond motifs is 1. The minimum Gasteiger partial charge on any atom is -1.00 e. The standard InChI is InChI=1S/C21H15Br2Cl2N3S2.ClH/c22-13-5-1-3-7-19(13)29-11-27-17-9-15(24)16(25)10-18(17)28(21(27)26)12-30-20-8-4-2-6-14(20)23;/h1-10,26H,11-12H2;1H. The Morgan fingerprint density at radius 2 is 1.42 bits per heavy atom. The SMILES string of the molecule is Nc1n(CSc2ccccc2Br)c2cc(Cl)c(Cl)cc2[n+]1CSc1ccccc1Br.[Cl-]. The van der Waals surface area contributed by atoms with Crippen LogP contribution in [0.5, 0.6) is 0 Å². The fraction of sp³-hybridized carbons (Fsp3) is 0.0952. The van der Waals surface area contributed by atoms with E-state index in [0.717, 1.165) is 29.8 Å². The molecule has 2 N–H and O–H groups in total. The van der Waals surface area contributed by atoms with E-state index >= 15 is 0 Å². The molecule has 0 spiro atoms. The highest BCUT2D eigenvalue weighted by Crippen LogP contribution is 2.34. The predicted octanol–water partition coefficient (Wildman–Crippen LogP) is 4.85. The van der Waals surface area contributed by atoms with Crippen molar-refractivity contribution < 1.29 is 17.0 Å². The summed E-state index contributed by atoms with van der Waals surface area (Å²) in [7, 11) is 0. The molecule has 0 saturated heterocycles. The largest absolute Gasteiger partial charge is 1.00 e. The quantitative estimate of drug-likeness (QED) is 0.242. The van der Waals surface area contributed by atoms with Crippen LogP contribution < -0.4 is 22.7 Å². The molecule has 3 aromatic carbocycles. The maximum Gasteiger partial charge on any atom is 0.357 e. The van der Waals surface area contributed by atoms with Gasteiger partial charge in [-0.05, 0) is 56.1 Å². The lowest BCUT2D eigenvalue weighted by Crippen LogP contribution is -3.00. The first-order chi connectivity index (χ1) is 14.5. The van der Waals surface area contributed by atoms with Crippen molar-refractivity contribution in [3.8, 4) is 0 Å². The Morgan fingerprint density at radius 3 is 2.03 bits per heavy atom. The fourth-order valence-electron chi connectivity index (χ4n) is 3.01. The molecule has 31 heavy (non-hydrogen) atoms. The molecule has 0 aliphatic rings. The van der Waals surface area contributed by atoms with Crippen molar-refractivity contribution in [1.29, 1.82) is 0 Å². The minimum absolute atomic E-state index is 0. The van der Waals surface area contributed by atoms with Gasteiger partial charge in [0.1, 0.15) is 22.8 Å². The van der Waals surface area contributed by atoms with Gasteiger partial charge in [-0.25, -0.2) is 9.13 Å². The maximum atomic E-state index is 6.61. The van der Waals surface area contributed by atoms with E-state index in [2.05, 4.69) is 53.1 Å². The highest BCUT2D eigenvalue weighted by Gasteiger charge is 2.23. The Bertz CT molecular complexity index is 1140. The minimum atomic E-state index is 0. The van der Waals surface area contributed by atoms with Gasteiger partial charge in [-0.2, -0.15) is 0 Å². The molecule has 1 aromatic heterocycles. The molecule has 10 heteroatoms. The number of nitrogens with two attached hydrogens (primary N) is 1. The van der Waals surface area contributed by atoms with Gasteiger partial charge in [0.05, 0.1) is 10.0 Å². The molecule has 0 aliphatic carbocycles. The van der Waals surface area contributed by atoms with E-state index in [1.54, 1.807) is 23.5 Å². The highest BCUT2D eigenvalue weighted by molar-refractivity contribution is 9.10. The Morgan fingerprint density at radius 1 is 0.871 bits per heavy atom. The molecule has 4 aromatic rings. The fourth-order valence-corrected chi connectivity index (χ4v) is 6.43. The normalized spacial score (nSPS) is 11.0. The van der Waals surface area contributed by atoms with Gasteiger partial charge in [0.2, 0.25) is 0 Å². The van der Waals surface area contributed by atoms with E-state index in [-0.39, 0.29) is 12.4 Å². The second kappa shape index (κ2) is 11.1. The maximum absolute atomic E-state index is 6.61. The van der Waals surface area contributed by atoms with Gasteiger partial charge >= 0.3 is 5.95 Å². The molecule has 0 atom stereocenters. The summed E-state index contributed by atoms with van der Waals surface area (Å²) in [5, 5.41) is 1.03. The number of anilines is 1. The summed E-state index contributed by atoms with van der Waals surface area (Å²) in [4.78, 5) is 2.29. The molecule has 0 radical (unpaired) electrons. The van der Waals surface area contributed by atoms with Crippen LogP contribution in [0.15, 0.2) is 79.4 Å². The van der Waals surface area contributed by atoms with Crippen molar-refractivity contribution in [1.82, 2.24) is 4.57 Å². The van der Waals surface area contributed by atoms with Crippen LogP contribution in [-0.2, 0) is 11.8 Å². The van der Waals surface area contributed by atoms with Crippen LogP contribution in [0.3, 0.4) is 0 Å². The lowest BCUT2D eigenvalue weighted by atomic mass is 10.3. The molecule has 4 rings (SSSR count). The van der Waals surface area contributed by atoms with Crippen LogP contribution in [0.4, 0.5) is 5.95 Å². The molecule has 0 bridgehead atoms. The summed E-state index contributed by atoms with van der Waals surface area (Å²) in [6, 6.07) is 20.0. The second-order valence-corrected chi connectivity index (χ2v) is 10.9. The number of hydrogen-bond donors (Lipinski definition) is 1. The zero-order valence-electron chi connectivity index (χ0n) is 15.9. The molecule has 0 aliphatic heterocycles. The van der Waals surface area contributed by atoms with E-state index in [4.69, 9.17) is 28.9 Å². The van der Waals surface area contributed by atoms with E-state index in [1.165, 1.54) is 0 Å². The number of aromatic nitrogens is 2. The Balaban J connectivity index is 0.00000272. The molecule has 0 unspecified atom stereocenters. The van der Waals surface area contributed by atoms with Crippen LogP contribution in [0.2, 0.25) is 10.0 Å². The van der Waals surface area contributed by atoms with Crippen LogP contribution in [0.25, 0.3) is 11.0 Å². The van der Waals surface area contributed by atoms with Gasteiger partial charge in [0.25, 0.3) is 0 Å². The van der Waals surface area contributed by atoms with Gasteiger partial charge in [0, 0.05) is 30.9 Å². The predicted molar refractivity (Wildman–Crippen MR) is 137 cm³/mol. The Kier molecular flexibility index (Phi) is 8.95. The van der Waals surface area contributed by atoms with E-state index in [1.807, 2.05) is 48.5 Å². The van der Waals surface area contributed by atoms with Crippen molar-refractivity contribution >= 4 is 95.6 Å². The molecular weight excluding hydrogens is 625 g/mol. The third-order valence-corrected chi connectivity index (χ3v) is 9.26. The van der Waals surface area contributed by atoms with Gasteiger partial charge in [-0.1, -0.05) is 71.0 Å². The first-order valence-corrected chi connectivity index (χ1v) is 13.2. The van der Waals surface area contributed by atoms with Crippen molar-refractivity contribution in [2.24, 2.45) is 0 Å². The summed E-state index contributed by atoms with van der Waals surface area (Å²) in [6.45, 7) is 0. The summed E-state index contributed by atoms with van der Waals surface area (Å²) in [6.07, 6.45) is 0. The van der Waals surface area contributed by atoms with Crippen molar-refractivity contribution in [2.45, 2.75) is 21.5 Å². The Hall–Kier alpha value is -0.540. The molecular formula is C21H16Br2Cl3N3S2. The molecule has 162 valence electrons. The summed E-state index contributed by atoms with van der Waals surface area (Å²) >= 11 is 23.3. The van der Waals surface area contributed by atoms with E-state index < -0.39 is 0 Å². The third-order valence-electron chi connectivity index (χ3n) is 4.52. The Labute approximate surface area is 222 Å². The van der Waals surface area contributed by atoms with Crippen LogP contribution >= 0.6 is 78.6 Å². The summed E-state index contributed by atoms with van der Waals surface area (Å²) in [5.74, 6) is 1.95. The zero-order valence-corrected chi connectivity index (χ0v) is 22.9. The lowest BCUT2D eigenvalue weighted by molar-refractivity contribution is -0.635. The van der Waals surface area contributed by atoms with Crippen molar-refractivity contribution in [3.05, 3.63) is 79.7 Å². The number of nitrogens with zero attached hydrogens (tertiary/aromatic N) is 2. The molecule has 0 saturated carbocycles. The third kappa shape index (κ3) is 5.52. The first kappa shape index (κ1) is 25.1. The topological polar surface area (TPSA) is 34.8 Å². The first-order valence-electron chi connectivity index (χ1n) is 8.87. The number of nitrogen functional groups attached to an aromatic ring is 1. The molecule has 0 amide bonds. The van der Waals surface area contributed by atoms with Crippen molar-refractivity contribution in [3.63, 3.8) is 0 Å². The van der Waals surface area contributed by atoms with Gasteiger partial charge in [-0.3, -0.25) is 5.73 Å². The van der Waals surface area contributed by atoms with Gasteiger partial charge in [0.15, 0.2) is 0 Å². The van der Waals surface area contributed by atoms with Gasteiger partial charge < -0.3 is 12.4 Å². The molecule has 3 nitrogen and oxygen atoms in total. The number of rotatable bonds is 6. The number of halogens is 5. The van der Waals surface area contributed by atoms with Crippen molar-refractivity contribution in [2.75, 3.05) is 5.73 Å². The van der Waals surface area contributed by atoms with Crippen LogP contribution in [0.1, 0.15) is 0 Å². The lowest BCUT2D eigenvalue weighted by Gasteiger charge is -2.05. The average Bonchev–Trinajstić information content (AvgIpc) is 2.97. The number of hydrogen-bond acceptors (Lipinski definition) is 3. The van der Waals surface area contributed by atoms with Gasteiger partial charge in [-0.15, -0.1) is 0 Å².